The van der Waals surface area contributed by atoms with Crippen molar-refractivity contribution in [3.8, 4) is 5.75 Å². The highest BCUT2D eigenvalue weighted by Gasteiger charge is 2.19. The topological polar surface area (TPSA) is 84.5 Å². The molecule has 0 spiro atoms. The number of rotatable bonds is 9. The van der Waals surface area contributed by atoms with Crippen LogP contribution in [0.2, 0.25) is 0 Å². The highest BCUT2D eigenvalue weighted by Crippen LogP contribution is 2.20. The summed E-state index contributed by atoms with van der Waals surface area (Å²) in [4.78, 5) is 12.7. The zero-order chi connectivity index (χ0) is 22.3. The van der Waals surface area contributed by atoms with Crippen LogP contribution >= 0.6 is 0 Å². The number of ether oxygens (including phenoxy) is 1. The van der Waals surface area contributed by atoms with Gasteiger partial charge in [-0.2, -0.15) is 0 Å². The van der Waals surface area contributed by atoms with Crippen molar-refractivity contribution in [1.29, 1.82) is 0 Å². The highest BCUT2D eigenvalue weighted by atomic mass is 32.2. The standard InChI is InChI=1S/C24H26N2O4S/c1-3-18-10-14-21(15-11-18)30-23(4-2)24(27)25-19-12-16-22(17-13-19)31(28,29)26-20-8-6-5-7-9-20/h5-17,23,26H,3-4H2,1-2H3,(H,25,27). The van der Waals surface area contributed by atoms with Gasteiger partial charge in [-0.3, -0.25) is 9.52 Å². The summed E-state index contributed by atoms with van der Waals surface area (Å²) in [5.74, 6) is 0.340. The van der Waals surface area contributed by atoms with Gasteiger partial charge < -0.3 is 10.1 Å². The second-order valence-electron chi connectivity index (χ2n) is 7.00. The lowest BCUT2D eigenvalue weighted by molar-refractivity contribution is -0.122. The summed E-state index contributed by atoms with van der Waals surface area (Å²) in [7, 11) is -3.71. The van der Waals surface area contributed by atoms with Crippen molar-refractivity contribution in [3.05, 3.63) is 84.4 Å². The van der Waals surface area contributed by atoms with E-state index in [4.69, 9.17) is 4.74 Å². The Morgan fingerprint density at radius 3 is 2.10 bits per heavy atom. The fourth-order valence-electron chi connectivity index (χ4n) is 2.95. The molecule has 0 saturated carbocycles. The number of hydrogen-bond donors (Lipinski definition) is 2. The van der Waals surface area contributed by atoms with Crippen LogP contribution in [0.25, 0.3) is 0 Å². The maximum absolute atomic E-state index is 12.6. The summed E-state index contributed by atoms with van der Waals surface area (Å²) >= 11 is 0. The summed E-state index contributed by atoms with van der Waals surface area (Å²) in [6, 6.07) is 22.3. The molecule has 0 heterocycles. The first kappa shape index (κ1) is 22.4. The third kappa shape index (κ3) is 6.08. The Hall–Kier alpha value is -3.32. The molecular weight excluding hydrogens is 412 g/mol. The summed E-state index contributed by atoms with van der Waals surface area (Å²) in [5.41, 5.74) is 2.17. The number of amides is 1. The molecule has 3 aromatic rings. The van der Waals surface area contributed by atoms with E-state index in [2.05, 4.69) is 17.0 Å². The molecule has 0 bridgehead atoms. The Labute approximate surface area is 183 Å². The van der Waals surface area contributed by atoms with Crippen LogP contribution in [-0.4, -0.2) is 20.4 Å². The van der Waals surface area contributed by atoms with Gasteiger partial charge in [-0.25, -0.2) is 8.42 Å². The fraction of sp³-hybridized carbons (Fsp3) is 0.208. The molecule has 31 heavy (non-hydrogen) atoms. The average molecular weight is 439 g/mol. The highest BCUT2D eigenvalue weighted by molar-refractivity contribution is 7.92. The molecule has 3 rings (SSSR count). The van der Waals surface area contributed by atoms with Crippen LogP contribution in [0.15, 0.2) is 83.8 Å². The van der Waals surface area contributed by atoms with E-state index in [0.717, 1.165) is 6.42 Å². The maximum atomic E-state index is 12.6. The lowest BCUT2D eigenvalue weighted by Gasteiger charge is -2.17. The summed E-state index contributed by atoms with van der Waals surface area (Å²) < 4.78 is 33.4. The van der Waals surface area contributed by atoms with Gasteiger partial charge in [0.05, 0.1) is 4.90 Å². The number of aryl methyl sites for hydroxylation is 1. The minimum atomic E-state index is -3.71. The van der Waals surface area contributed by atoms with Crippen molar-refractivity contribution in [2.75, 3.05) is 10.0 Å². The second kappa shape index (κ2) is 10.1. The normalized spacial score (nSPS) is 12.1. The Balaban J connectivity index is 1.64. The van der Waals surface area contributed by atoms with Crippen molar-refractivity contribution < 1.29 is 17.9 Å². The number of carbonyl (C=O) groups is 1. The number of anilines is 2. The van der Waals surface area contributed by atoms with Crippen LogP contribution in [0.4, 0.5) is 11.4 Å². The van der Waals surface area contributed by atoms with Gasteiger partial charge >= 0.3 is 0 Å². The van der Waals surface area contributed by atoms with Gasteiger partial charge in [0.1, 0.15) is 5.75 Å². The van der Waals surface area contributed by atoms with Crippen molar-refractivity contribution in [2.24, 2.45) is 0 Å². The molecule has 1 atom stereocenters. The predicted molar refractivity (Wildman–Crippen MR) is 123 cm³/mol. The molecular formula is C24H26N2O4S. The molecule has 0 aliphatic rings. The van der Waals surface area contributed by atoms with Gasteiger partial charge in [0, 0.05) is 11.4 Å². The number of benzene rings is 3. The third-order valence-corrected chi connectivity index (χ3v) is 6.13. The number of carbonyl (C=O) groups excluding carboxylic acids is 1. The SMILES string of the molecule is CCc1ccc(OC(CC)C(=O)Nc2ccc(S(=O)(=O)Nc3ccccc3)cc2)cc1. The molecule has 7 heteroatoms. The smallest absolute Gasteiger partial charge is 0.265 e. The molecule has 0 saturated heterocycles. The second-order valence-corrected chi connectivity index (χ2v) is 8.68. The zero-order valence-electron chi connectivity index (χ0n) is 17.5. The van der Waals surface area contributed by atoms with Crippen molar-refractivity contribution in [3.63, 3.8) is 0 Å². The van der Waals surface area contributed by atoms with Crippen molar-refractivity contribution in [2.45, 2.75) is 37.7 Å². The van der Waals surface area contributed by atoms with E-state index < -0.39 is 16.1 Å². The van der Waals surface area contributed by atoms with Gasteiger partial charge in [-0.05, 0) is 66.9 Å². The quantitative estimate of drug-likeness (QED) is 0.500. The minimum absolute atomic E-state index is 0.105. The largest absolute Gasteiger partial charge is 0.481 e. The van der Waals surface area contributed by atoms with E-state index in [0.29, 0.717) is 23.5 Å². The first-order valence-electron chi connectivity index (χ1n) is 10.2. The van der Waals surface area contributed by atoms with E-state index in [1.807, 2.05) is 37.3 Å². The fourth-order valence-corrected chi connectivity index (χ4v) is 4.01. The Kier molecular flexibility index (Phi) is 7.31. The molecule has 2 N–H and O–H groups in total. The first-order chi connectivity index (χ1) is 14.9. The molecule has 3 aromatic carbocycles. The molecule has 1 amide bonds. The van der Waals surface area contributed by atoms with Gasteiger partial charge in [-0.1, -0.05) is 44.2 Å². The number of sulfonamides is 1. The number of para-hydroxylation sites is 1. The third-order valence-electron chi connectivity index (χ3n) is 4.73. The lowest BCUT2D eigenvalue weighted by Crippen LogP contribution is -2.32. The monoisotopic (exact) mass is 438 g/mol. The van der Waals surface area contributed by atoms with Crippen LogP contribution < -0.4 is 14.8 Å². The van der Waals surface area contributed by atoms with Crippen molar-refractivity contribution >= 4 is 27.3 Å². The molecule has 0 radical (unpaired) electrons. The molecule has 6 nitrogen and oxygen atoms in total. The van der Waals surface area contributed by atoms with E-state index in [1.165, 1.54) is 17.7 Å². The molecule has 0 aliphatic heterocycles. The molecule has 0 aliphatic carbocycles. The molecule has 0 aromatic heterocycles. The van der Waals surface area contributed by atoms with E-state index in [9.17, 15) is 13.2 Å². The van der Waals surface area contributed by atoms with E-state index in [1.54, 1.807) is 36.4 Å². The first-order valence-corrected chi connectivity index (χ1v) is 11.6. The minimum Gasteiger partial charge on any atom is -0.481 e. The van der Waals surface area contributed by atoms with Crippen LogP contribution in [0.3, 0.4) is 0 Å². The summed E-state index contributed by atoms with van der Waals surface area (Å²) in [5, 5.41) is 2.78. The predicted octanol–water partition coefficient (Wildman–Crippen LogP) is 4.85. The Morgan fingerprint density at radius 2 is 1.52 bits per heavy atom. The van der Waals surface area contributed by atoms with Gasteiger partial charge in [0.25, 0.3) is 15.9 Å². The molecule has 1 unspecified atom stereocenters. The number of nitrogens with one attached hydrogen (secondary N) is 2. The Morgan fingerprint density at radius 1 is 0.871 bits per heavy atom. The van der Waals surface area contributed by atoms with Gasteiger partial charge in [-0.15, -0.1) is 0 Å². The van der Waals surface area contributed by atoms with Crippen LogP contribution in [0.1, 0.15) is 25.8 Å². The van der Waals surface area contributed by atoms with E-state index >= 15 is 0 Å². The summed E-state index contributed by atoms with van der Waals surface area (Å²) in [6.07, 6.45) is 0.773. The van der Waals surface area contributed by atoms with Crippen LogP contribution in [0.5, 0.6) is 5.75 Å². The molecule has 162 valence electrons. The van der Waals surface area contributed by atoms with Crippen LogP contribution in [-0.2, 0) is 21.2 Å². The zero-order valence-corrected chi connectivity index (χ0v) is 18.4. The maximum Gasteiger partial charge on any atom is 0.265 e. The van der Waals surface area contributed by atoms with Crippen molar-refractivity contribution in [1.82, 2.24) is 0 Å². The molecule has 0 fully saturated rings. The number of hydrogen-bond acceptors (Lipinski definition) is 4. The summed E-state index contributed by atoms with van der Waals surface area (Å²) in [6.45, 7) is 3.95. The van der Waals surface area contributed by atoms with E-state index in [-0.39, 0.29) is 10.8 Å². The average Bonchev–Trinajstić information content (AvgIpc) is 2.78. The lowest BCUT2D eigenvalue weighted by atomic mass is 10.1. The van der Waals surface area contributed by atoms with Crippen LogP contribution in [0, 0.1) is 0 Å². The van der Waals surface area contributed by atoms with Gasteiger partial charge in [0.2, 0.25) is 0 Å². The Bertz CT molecular complexity index is 1100. The van der Waals surface area contributed by atoms with Gasteiger partial charge in [0.15, 0.2) is 6.10 Å².